The van der Waals surface area contributed by atoms with Crippen molar-refractivity contribution in [1.82, 2.24) is 31.1 Å². The summed E-state index contributed by atoms with van der Waals surface area (Å²) in [5.74, 6) is -9.00. The van der Waals surface area contributed by atoms with Gasteiger partial charge < -0.3 is 66.9 Å². The Bertz CT molecular complexity index is 3280. The molecule has 0 spiro atoms. The Morgan fingerprint density at radius 1 is 0.551 bits per heavy atom. The standard InChI is InChI=1S/C64H78N6O19/c71-52-23-17-39(30-45(52)35-69(37-58(78)79)28-29-70(38-59(80)81)36-46-31-40(18-24-53(46)72)20-26-57(76)77)19-25-55(73)66-34-41-15-21-42(22-16-41)60(82)67-51(33-49-47-10-3-1-8-43(47)32-44-9-2-4-11-48(44)49)61(83)65-27-6-5-12-50(62(84)85)68-64(88)89-54(63(86)87)13-7-14-56(74)75/h1-4,8-11,17-18,23-24,30-32,41-42,50-51,54,71-72H,5-7,12-16,19-22,25-29,33-38H2,(H,65,83)(H,66,73)(H,67,82)(H,68,88)(H,74,75)(H,76,77)(H,78,79)(H,80,81)(H,84,85)(H,86,87)/t41?,42?,50-,51-,54+/m0/s1. The molecule has 25 heteroatoms. The summed E-state index contributed by atoms with van der Waals surface area (Å²) in [6.45, 7) is -0.409. The van der Waals surface area contributed by atoms with E-state index >= 15 is 0 Å². The minimum Gasteiger partial charge on any atom is -0.508 e. The minimum absolute atomic E-state index is 0.0278. The number of unbranched alkanes of at least 4 members (excludes halogenated alkanes) is 1. The third-order valence-corrected chi connectivity index (χ3v) is 15.7. The van der Waals surface area contributed by atoms with Crippen molar-refractivity contribution in [3.8, 4) is 11.5 Å². The number of benzene rings is 5. The molecule has 5 aromatic carbocycles. The van der Waals surface area contributed by atoms with Crippen molar-refractivity contribution >= 4 is 81.2 Å². The van der Waals surface area contributed by atoms with Crippen molar-refractivity contribution in [3.63, 3.8) is 0 Å². The number of ether oxygens (including phenoxy) is 1. The Morgan fingerprint density at radius 2 is 1.10 bits per heavy atom. The van der Waals surface area contributed by atoms with Gasteiger partial charge in [0.15, 0.2) is 0 Å². The van der Waals surface area contributed by atoms with Crippen LogP contribution in [-0.4, -0.2) is 168 Å². The van der Waals surface area contributed by atoms with Crippen molar-refractivity contribution < 1.29 is 93.5 Å². The molecular weight excluding hydrogens is 1160 g/mol. The van der Waals surface area contributed by atoms with Gasteiger partial charge in [-0.05, 0) is 133 Å². The molecule has 1 fully saturated rings. The molecule has 6 rings (SSSR count). The van der Waals surface area contributed by atoms with Gasteiger partial charge in [0.1, 0.15) is 23.6 Å². The number of hydrogen-bond acceptors (Lipinski definition) is 15. The fraction of sp³-hybridized carbons (Fsp3) is 0.438. The number of phenolic OH excluding ortho intramolecular Hbond substituents is 2. The molecule has 0 saturated heterocycles. The summed E-state index contributed by atoms with van der Waals surface area (Å²) in [4.78, 5) is 127. The van der Waals surface area contributed by atoms with Gasteiger partial charge in [0.05, 0.1) is 13.1 Å². The molecule has 0 aromatic heterocycles. The number of alkyl carbamates (subject to hydrolysis) is 1. The van der Waals surface area contributed by atoms with E-state index in [1.54, 1.807) is 24.3 Å². The highest BCUT2D eigenvalue weighted by molar-refractivity contribution is 6.03. The predicted octanol–water partition coefficient (Wildman–Crippen LogP) is 5.65. The summed E-state index contributed by atoms with van der Waals surface area (Å²) < 4.78 is 4.89. The fourth-order valence-electron chi connectivity index (χ4n) is 11.0. The van der Waals surface area contributed by atoms with Gasteiger partial charge in [-0.15, -0.1) is 0 Å². The lowest BCUT2D eigenvalue weighted by Gasteiger charge is -2.29. The lowest BCUT2D eigenvalue weighted by Crippen LogP contribution is -2.50. The number of aliphatic carboxylic acids is 6. The normalized spacial score (nSPS) is 14.9. The van der Waals surface area contributed by atoms with Crippen LogP contribution in [0.15, 0.2) is 91.0 Å². The van der Waals surface area contributed by atoms with E-state index < -0.39 is 85.0 Å². The smallest absolute Gasteiger partial charge is 0.408 e. The van der Waals surface area contributed by atoms with E-state index in [1.165, 1.54) is 21.9 Å². The third-order valence-electron chi connectivity index (χ3n) is 15.7. The zero-order valence-corrected chi connectivity index (χ0v) is 49.3. The van der Waals surface area contributed by atoms with E-state index in [2.05, 4.69) is 27.3 Å². The zero-order valence-electron chi connectivity index (χ0n) is 49.3. The van der Waals surface area contributed by atoms with Crippen molar-refractivity contribution in [2.45, 2.75) is 128 Å². The van der Waals surface area contributed by atoms with Gasteiger partial charge in [-0.3, -0.25) is 43.4 Å². The van der Waals surface area contributed by atoms with Crippen molar-refractivity contribution in [3.05, 3.63) is 119 Å². The van der Waals surface area contributed by atoms with Crippen LogP contribution in [0.25, 0.3) is 21.5 Å². The maximum absolute atomic E-state index is 14.2. The lowest BCUT2D eigenvalue weighted by molar-refractivity contribution is -0.148. The number of aryl methyl sites for hydroxylation is 2. The van der Waals surface area contributed by atoms with Crippen LogP contribution < -0.4 is 21.3 Å². The van der Waals surface area contributed by atoms with E-state index in [4.69, 9.17) is 14.9 Å². The first-order chi connectivity index (χ1) is 42.5. The van der Waals surface area contributed by atoms with Crippen LogP contribution in [-0.2, 0) is 80.2 Å². The molecule has 1 aliphatic rings. The second-order valence-corrected chi connectivity index (χ2v) is 22.5. The highest BCUT2D eigenvalue weighted by atomic mass is 16.6. The number of phenols is 2. The van der Waals surface area contributed by atoms with Crippen molar-refractivity contribution in [1.29, 1.82) is 0 Å². The summed E-state index contributed by atoms with van der Waals surface area (Å²) >= 11 is 0. The number of hydrogen-bond donors (Lipinski definition) is 12. The second kappa shape index (κ2) is 34.3. The van der Waals surface area contributed by atoms with Crippen LogP contribution in [0.1, 0.15) is 105 Å². The van der Waals surface area contributed by atoms with Gasteiger partial charge in [-0.25, -0.2) is 14.4 Å². The molecule has 478 valence electrons. The first kappa shape index (κ1) is 68.7. The number of aromatic hydroxyl groups is 2. The molecule has 0 bridgehead atoms. The van der Waals surface area contributed by atoms with E-state index in [0.29, 0.717) is 54.5 Å². The molecule has 89 heavy (non-hydrogen) atoms. The third kappa shape index (κ3) is 22.7. The van der Waals surface area contributed by atoms with Crippen LogP contribution in [0.5, 0.6) is 11.5 Å². The molecule has 1 aliphatic carbocycles. The molecule has 12 N–H and O–H groups in total. The topological polar surface area (TPSA) is 396 Å². The summed E-state index contributed by atoms with van der Waals surface area (Å²) in [6.07, 6.45) is -0.590. The Hall–Kier alpha value is -9.36. The Kier molecular flexibility index (Phi) is 26.5. The monoisotopic (exact) mass is 1230 g/mol. The number of amides is 4. The van der Waals surface area contributed by atoms with E-state index in [-0.39, 0.29) is 133 Å². The van der Waals surface area contributed by atoms with E-state index in [1.807, 2.05) is 48.5 Å². The Labute approximate surface area is 513 Å². The molecule has 0 heterocycles. The molecule has 5 aromatic rings. The fourth-order valence-corrected chi connectivity index (χ4v) is 11.0. The Balaban J connectivity index is 1.00. The molecule has 0 unspecified atom stereocenters. The lowest BCUT2D eigenvalue weighted by atomic mass is 9.81. The van der Waals surface area contributed by atoms with Gasteiger partial charge in [0.2, 0.25) is 23.8 Å². The first-order valence-electron chi connectivity index (χ1n) is 29.6. The van der Waals surface area contributed by atoms with Crippen LogP contribution in [0.2, 0.25) is 0 Å². The largest absolute Gasteiger partial charge is 0.508 e. The van der Waals surface area contributed by atoms with Gasteiger partial charge in [0.25, 0.3) is 0 Å². The van der Waals surface area contributed by atoms with Gasteiger partial charge in [-0.2, -0.15) is 0 Å². The van der Waals surface area contributed by atoms with Crippen molar-refractivity contribution in [2.75, 3.05) is 39.3 Å². The molecule has 4 amide bonds. The number of fused-ring (bicyclic) bond motifs is 2. The number of nitrogens with one attached hydrogen (secondary N) is 4. The number of carbonyl (C=O) groups excluding carboxylic acids is 4. The van der Waals surface area contributed by atoms with Gasteiger partial charge in [-0.1, -0.05) is 72.8 Å². The summed E-state index contributed by atoms with van der Waals surface area (Å²) in [6, 6.07) is 24.5. The first-order valence-corrected chi connectivity index (χ1v) is 29.6. The number of carboxylic acid groups (broad SMARTS) is 6. The molecule has 1 saturated carbocycles. The van der Waals surface area contributed by atoms with Crippen LogP contribution in [0.3, 0.4) is 0 Å². The molecular formula is C64H78N6O19. The zero-order chi connectivity index (χ0) is 64.6. The number of carbonyl (C=O) groups is 10. The predicted molar refractivity (Wildman–Crippen MR) is 323 cm³/mol. The van der Waals surface area contributed by atoms with E-state index in [9.17, 15) is 78.6 Å². The average molecular weight is 1240 g/mol. The summed E-state index contributed by atoms with van der Waals surface area (Å²) in [7, 11) is 0. The Morgan fingerprint density at radius 3 is 1.63 bits per heavy atom. The maximum Gasteiger partial charge on any atom is 0.408 e. The highest BCUT2D eigenvalue weighted by Gasteiger charge is 2.32. The number of carboxylic acids is 6. The van der Waals surface area contributed by atoms with Crippen LogP contribution in [0, 0.1) is 11.8 Å². The quantitative estimate of drug-likeness (QED) is 0.0169. The van der Waals surface area contributed by atoms with Crippen molar-refractivity contribution in [2.24, 2.45) is 11.8 Å². The van der Waals surface area contributed by atoms with Gasteiger partial charge in [0, 0.05) is 82.0 Å². The molecule has 3 atom stereocenters. The second-order valence-electron chi connectivity index (χ2n) is 22.5. The number of nitrogens with zero attached hydrogens (tertiary/aromatic N) is 2. The van der Waals surface area contributed by atoms with E-state index in [0.717, 1.165) is 27.1 Å². The van der Waals surface area contributed by atoms with Crippen LogP contribution >= 0.6 is 0 Å². The highest BCUT2D eigenvalue weighted by Crippen LogP contribution is 2.32. The number of rotatable bonds is 37. The molecule has 25 nitrogen and oxygen atoms in total. The van der Waals surface area contributed by atoms with Gasteiger partial charge >= 0.3 is 41.9 Å². The maximum atomic E-state index is 14.2. The summed E-state index contributed by atoms with van der Waals surface area (Å²) in [5, 5.41) is 92.8. The molecule has 0 aliphatic heterocycles. The average Bonchev–Trinajstić information content (AvgIpc) is 1.16. The van der Waals surface area contributed by atoms with Crippen LogP contribution in [0.4, 0.5) is 4.79 Å². The molecule has 0 radical (unpaired) electrons. The SMILES string of the molecule is O=C(O)CCC[C@@H](OC(=O)N[C@@H](CCCCNC(=O)[C@H](Cc1c2ccccc2cc2ccccc12)NC(=O)C1CCC(CNC(=O)CCc2ccc(O)c(CN(CCN(CC(=O)O)Cc3cc(CCC(=O)O)ccc3O)CC(=O)O)c2)CC1)C(=O)O)C(=O)O. The minimum atomic E-state index is -1.69. The summed E-state index contributed by atoms with van der Waals surface area (Å²) in [5.41, 5.74) is 2.94.